The zero-order chi connectivity index (χ0) is 17.1. The summed E-state index contributed by atoms with van der Waals surface area (Å²) in [4.78, 5) is 22.3. The summed E-state index contributed by atoms with van der Waals surface area (Å²) in [6.45, 7) is 0. The summed E-state index contributed by atoms with van der Waals surface area (Å²) < 4.78 is 5.19. The van der Waals surface area contributed by atoms with Crippen molar-refractivity contribution in [2.75, 3.05) is 12.4 Å². The quantitative estimate of drug-likeness (QED) is 0.529. The molecule has 2 aromatic carbocycles. The van der Waals surface area contributed by atoms with E-state index in [0.717, 1.165) is 0 Å². The normalized spacial score (nSPS) is 14.7. The molecule has 8 nitrogen and oxygen atoms in total. The van der Waals surface area contributed by atoms with E-state index in [1.54, 1.807) is 19.2 Å². The number of nitrogens with zero attached hydrogens (tertiary/aromatic N) is 3. The number of hydrogen-bond acceptors (Lipinski definition) is 6. The molecule has 0 spiro atoms. The first-order valence-electron chi connectivity index (χ1n) is 6.94. The van der Waals surface area contributed by atoms with Crippen molar-refractivity contribution in [1.29, 1.82) is 0 Å². The molecule has 0 saturated heterocycles. The lowest BCUT2D eigenvalue weighted by molar-refractivity contribution is -0.384. The monoisotopic (exact) mass is 324 g/mol. The van der Waals surface area contributed by atoms with Gasteiger partial charge < -0.3 is 10.1 Å². The number of carbonyl (C=O) groups excluding carboxylic acids is 1. The molecule has 1 heterocycles. The van der Waals surface area contributed by atoms with Crippen LogP contribution >= 0.6 is 0 Å². The first-order chi connectivity index (χ1) is 11.6. The topological polar surface area (TPSA) is 106 Å². The summed E-state index contributed by atoms with van der Waals surface area (Å²) in [6, 6.07) is 11.3. The van der Waals surface area contributed by atoms with Gasteiger partial charge in [0, 0.05) is 23.3 Å². The van der Waals surface area contributed by atoms with E-state index >= 15 is 0 Å². The maximum Gasteiger partial charge on any atom is 0.276 e. The summed E-state index contributed by atoms with van der Waals surface area (Å²) in [6.07, 6.45) is 1.45. The molecule has 1 aliphatic rings. The summed E-state index contributed by atoms with van der Waals surface area (Å²) in [5.74, 6) is 0.163. The summed E-state index contributed by atoms with van der Waals surface area (Å²) in [7, 11) is 1.54. The highest BCUT2D eigenvalue weighted by Crippen LogP contribution is 2.27. The Kier molecular flexibility index (Phi) is 4.02. The van der Waals surface area contributed by atoms with Gasteiger partial charge in [-0.25, -0.2) is 0 Å². The number of nitro benzene ring substituents is 1. The van der Waals surface area contributed by atoms with Crippen molar-refractivity contribution in [3.05, 3.63) is 63.7 Å². The van der Waals surface area contributed by atoms with E-state index in [4.69, 9.17) is 4.74 Å². The van der Waals surface area contributed by atoms with Gasteiger partial charge in [0.15, 0.2) is 5.71 Å². The van der Waals surface area contributed by atoms with Crippen LogP contribution in [-0.4, -0.2) is 29.9 Å². The Labute approximate surface area is 136 Å². The molecule has 0 aromatic heterocycles. The first kappa shape index (κ1) is 15.3. The highest BCUT2D eigenvalue weighted by Gasteiger charge is 2.28. The lowest BCUT2D eigenvalue weighted by Gasteiger charge is -2.01. The van der Waals surface area contributed by atoms with Crippen molar-refractivity contribution in [2.45, 2.75) is 0 Å². The van der Waals surface area contributed by atoms with E-state index in [2.05, 4.69) is 15.5 Å². The SMILES string of the molecule is COc1ccccc1/C=N/N=C1/C(=O)Nc2ccc([N+](=O)[O-])cc21. The van der Waals surface area contributed by atoms with Crippen LogP contribution in [0.4, 0.5) is 11.4 Å². The van der Waals surface area contributed by atoms with Crippen molar-refractivity contribution in [1.82, 2.24) is 0 Å². The molecule has 0 radical (unpaired) electrons. The maximum absolute atomic E-state index is 12.0. The summed E-state index contributed by atoms with van der Waals surface area (Å²) in [5.41, 5.74) is 1.43. The third-order valence-corrected chi connectivity index (χ3v) is 3.43. The predicted molar refractivity (Wildman–Crippen MR) is 88.9 cm³/mol. The molecule has 0 bridgehead atoms. The third-order valence-electron chi connectivity index (χ3n) is 3.43. The van der Waals surface area contributed by atoms with Crippen molar-refractivity contribution in [3.8, 4) is 5.75 Å². The number of ether oxygens (including phenoxy) is 1. The minimum atomic E-state index is -0.529. The van der Waals surface area contributed by atoms with Crippen LogP contribution in [0.3, 0.4) is 0 Å². The largest absolute Gasteiger partial charge is 0.496 e. The van der Waals surface area contributed by atoms with Crippen molar-refractivity contribution in [3.63, 3.8) is 0 Å². The Hall–Kier alpha value is -3.55. The molecule has 24 heavy (non-hydrogen) atoms. The average molecular weight is 324 g/mol. The Morgan fingerprint density at radius 2 is 2.04 bits per heavy atom. The van der Waals surface area contributed by atoms with E-state index in [1.165, 1.54) is 24.4 Å². The van der Waals surface area contributed by atoms with Crippen molar-refractivity contribution < 1.29 is 14.5 Å². The van der Waals surface area contributed by atoms with Gasteiger partial charge in [0.1, 0.15) is 5.75 Å². The Morgan fingerprint density at radius 1 is 1.25 bits per heavy atom. The van der Waals surface area contributed by atoms with Gasteiger partial charge in [0.2, 0.25) is 0 Å². The molecule has 2 aromatic rings. The minimum absolute atomic E-state index is 0.0276. The molecular weight excluding hydrogens is 312 g/mol. The predicted octanol–water partition coefficient (Wildman–Crippen LogP) is 2.38. The molecule has 0 fully saturated rings. The van der Waals surface area contributed by atoms with Crippen LogP contribution in [0, 0.1) is 10.1 Å². The second-order valence-electron chi connectivity index (χ2n) is 4.88. The maximum atomic E-state index is 12.0. The number of carbonyl (C=O) groups is 1. The standard InChI is InChI=1S/C16H12N4O4/c1-24-14-5-3-2-4-10(14)9-17-19-15-12-8-11(20(22)23)6-7-13(12)18-16(15)21/h2-9H,1H3,(H,18,19,21)/b17-9+. The van der Waals surface area contributed by atoms with E-state index < -0.39 is 10.8 Å². The number of non-ortho nitro benzene ring substituents is 1. The van der Waals surface area contributed by atoms with Gasteiger partial charge in [-0.05, 0) is 18.2 Å². The highest BCUT2D eigenvalue weighted by molar-refractivity contribution is 6.53. The zero-order valence-electron chi connectivity index (χ0n) is 12.6. The number of amides is 1. The number of anilines is 1. The van der Waals surface area contributed by atoms with Crippen LogP contribution in [0.1, 0.15) is 11.1 Å². The average Bonchev–Trinajstić information content (AvgIpc) is 2.90. The van der Waals surface area contributed by atoms with Gasteiger partial charge in [0.05, 0.1) is 23.9 Å². The molecule has 0 unspecified atom stereocenters. The number of fused-ring (bicyclic) bond motifs is 1. The Bertz CT molecular complexity index is 889. The van der Waals surface area contributed by atoms with Gasteiger partial charge in [-0.15, -0.1) is 5.10 Å². The van der Waals surface area contributed by atoms with E-state index in [0.29, 0.717) is 22.6 Å². The second kappa shape index (κ2) is 6.29. The number of para-hydroxylation sites is 1. The number of hydrogen-bond donors (Lipinski definition) is 1. The Balaban J connectivity index is 1.94. The molecule has 0 aliphatic carbocycles. The molecule has 1 amide bonds. The van der Waals surface area contributed by atoms with Crippen molar-refractivity contribution >= 4 is 29.2 Å². The second-order valence-corrected chi connectivity index (χ2v) is 4.88. The first-order valence-corrected chi connectivity index (χ1v) is 6.94. The lowest BCUT2D eigenvalue weighted by atomic mass is 10.1. The lowest BCUT2D eigenvalue weighted by Crippen LogP contribution is -2.13. The molecule has 8 heteroatoms. The van der Waals surface area contributed by atoms with E-state index in [9.17, 15) is 14.9 Å². The Morgan fingerprint density at radius 3 is 2.79 bits per heavy atom. The number of nitrogens with one attached hydrogen (secondary N) is 1. The summed E-state index contributed by atoms with van der Waals surface area (Å²) >= 11 is 0. The zero-order valence-corrected chi connectivity index (χ0v) is 12.6. The fraction of sp³-hybridized carbons (Fsp3) is 0.0625. The third kappa shape index (κ3) is 2.84. The van der Waals surface area contributed by atoms with Crippen LogP contribution in [0.2, 0.25) is 0 Å². The molecule has 3 rings (SSSR count). The smallest absolute Gasteiger partial charge is 0.276 e. The molecule has 1 N–H and O–H groups in total. The number of nitro groups is 1. The van der Waals surface area contributed by atoms with Gasteiger partial charge in [-0.1, -0.05) is 12.1 Å². The van der Waals surface area contributed by atoms with Crippen molar-refractivity contribution in [2.24, 2.45) is 10.2 Å². The van der Waals surface area contributed by atoms with Gasteiger partial charge in [-0.2, -0.15) is 5.10 Å². The fourth-order valence-electron chi connectivity index (χ4n) is 2.28. The van der Waals surface area contributed by atoms with Gasteiger partial charge in [0.25, 0.3) is 11.6 Å². The molecule has 120 valence electrons. The number of methoxy groups -OCH3 is 1. The van der Waals surface area contributed by atoms with Crippen LogP contribution in [0.25, 0.3) is 0 Å². The number of rotatable bonds is 4. The van der Waals surface area contributed by atoms with Gasteiger partial charge in [-0.3, -0.25) is 14.9 Å². The van der Waals surface area contributed by atoms with Crippen LogP contribution < -0.4 is 10.1 Å². The van der Waals surface area contributed by atoms with Crippen LogP contribution in [0.15, 0.2) is 52.7 Å². The van der Waals surface area contributed by atoms with E-state index in [-0.39, 0.29) is 11.4 Å². The molecular formula is C16H12N4O4. The number of benzene rings is 2. The van der Waals surface area contributed by atoms with Crippen LogP contribution in [-0.2, 0) is 4.79 Å². The van der Waals surface area contributed by atoms with Gasteiger partial charge >= 0.3 is 0 Å². The molecule has 0 atom stereocenters. The highest BCUT2D eigenvalue weighted by atomic mass is 16.6. The summed E-state index contributed by atoms with van der Waals surface area (Å²) in [5, 5.41) is 21.3. The van der Waals surface area contributed by atoms with Crippen LogP contribution in [0.5, 0.6) is 5.75 Å². The molecule has 1 aliphatic heterocycles. The van der Waals surface area contributed by atoms with E-state index in [1.807, 2.05) is 12.1 Å². The minimum Gasteiger partial charge on any atom is -0.496 e. The fourth-order valence-corrected chi connectivity index (χ4v) is 2.28. The molecule has 0 saturated carbocycles.